The molecule has 2 rings (SSSR count). The third kappa shape index (κ3) is 3.66. The lowest BCUT2D eigenvalue weighted by Gasteiger charge is -2.23. The fraction of sp³-hybridized carbons (Fsp3) is 0.500. The van der Waals surface area contributed by atoms with Gasteiger partial charge in [-0.1, -0.05) is 6.07 Å². The molecule has 0 spiro atoms. The summed E-state index contributed by atoms with van der Waals surface area (Å²) < 4.78 is 40.0. The molecule has 7 heteroatoms. The van der Waals surface area contributed by atoms with Crippen molar-refractivity contribution in [3.8, 4) is 0 Å². The van der Waals surface area contributed by atoms with Crippen LogP contribution in [0.15, 0.2) is 24.4 Å². The van der Waals surface area contributed by atoms with Crippen molar-refractivity contribution in [2.45, 2.75) is 32.5 Å². The summed E-state index contributed by atoms with van der Waals surface area (Å²) in [5.74, 6) is 0.360. The summed E-state index contributed by atoms with van der Waals surface area (Å²) in [6, 6.07) is 5.24. The lowest BCUT2D eigenvalue weighted by atomic mass is 10.2. The first-order chi connectivity index (χ1) is 9.81. The van der Waals surface area contributed by atoms with Crippen molar-refractivity contribution in [1.29, 1.82) is 0 Å². The van der Waals surface area contributed by atoms with Crippen LogP contribution in [0.5, 0.6) is 0 Å². The Labute approximate surface area is 121 Å². The second kappa shape index (κ2) is 5.93. The Hall–Kier alpha value is -1.76. The van der Waals surface area contributed by atoms with Crippen molar-refractivity contribution < 1.29 is 13.2 Å². The van der Waals surface area contributed by atoms with Gasteiger partial charge in [-0.15, -0.1) is 0 Å². The van der Waals surface area contributed by atoms with E-state index < -0.39 is 12.7 Å². The molecule has 0 saturated heterocycles. The Bertz CT molecular complexity index is 604. The number of halogens is 3. The van der Waals surface area contributed by atoms with Crippen molar-refractivity contribution in [3.05, 3.63) is 30.1 Å². The van der Waals surface area contributed by atoms with Crippen LogP contribution in [0.4, 0.5) is 19.0 Å². The zero-order valence-electron chi connectivity index (χ0n) is 12.1. The molecule has 21 heavy (non-hydrogen) atoms. The van der Waals surface area contributed by atoms with Gasteiger partial charge in [0.15, 0.2) is 5.82 Å². The normalized spacial score (nSPS) is 13.6. The fourth-order valence-electron chi connectivity index (χ4n) is 2.33. The van der Waals surface area contributed by atoms with Gasteiger partial charge in [0.1, 0.15) is 12.2 Å². The first-order valence-electron chi connectivity index (χ1n) is 6.85. The van der Waals surface area contributed by atoms with Gasteiger partial charge < -0.3 is 15.0 Å². The summed E-state index contributed by atoms with van der Waals surface area (Å²) in [6.45, 7) is 2.73. The standard InChI is InChI=1S/C14H19F3N4/c1-3-20(9-14(15,16)17)13-11(8-10(2)18)21-7-5-4-6-12(21)19-13/h4-7,10H,3,8-9,18H2,1-2H3. The van der Waals surface area contributed by atoms with Gasteiger partial charge in [0.2, 0.25) is 0 Å². The maximum absolute atomic E-state index is 12.7. The Kier molecular flexibility index (Phi) is 4.41. The molecule has 0 aromatic carbocycles. The molecule has 0 saturated carbocycles. The van der Waals surface area contributed by atoms with E-state index in [0.29, 0.717) is 23.6 Å². The molecule has 2 heterocycles. The van der Waals surface area contributed by atoms with Crippen molar-refractivity contribution >= 4 is 11.5 Å². The quantitative estimate of drug-likeness (QED) is 0.923. The van der Waals surface area contributed by atoms with Gasteiger partial charge >= 0.3 is 6.18 Å². The molecular weight excluding hydrogens is 281 g/mol. The first kappa shape index (κ1) is 15.6. The second-order valence-electron chi connectivity index (χ2n) is 5.12. The molecule has 0 radical (unpaired) electrons. The van der Waals surface area contributed by atoms with Gasteiger partial charge in [0.05, 0.1) is 5.69 Å². The predicted octanol–water partition coefficient (Wildman–Crippen LogP) is 2.61. The number of nitrogens with two attached hydrogens (primary N) is 1. The molecule has 0 amide bonds. The molecule has 1 atom stereocenters. The van der Waals surface area contributed by atoms with Crippen molar-refractivity contribution in [3.63, 3.8) is 0 Å². The highest BCUT2D eigenvalue weighted by Crippen LogP contribution is 2.26. The molecule has 0 aliphatic heterocycles. The number of imidazole rings is 1. The van der Waals surface area contributed by atoms with Crippen LogP contribution in [0.1, 0.15) is 19.5 Å². The number of hydrogen-bond donors (Lipinski definition) is 1. The van der Waals surface area contributed by atoms with Crippen molar-refractivity contribution in [2.75, 3.05) is 18.0 Å². The molecular formula is C14H19F3N4. The smallest absolute Gasteiger partial charge is 0.346 e. The number of pyridine rings is 1. The molecule has 0 fully saturated rings. The largest absolute Gasteiger partial charge is 0.405 e. The molecule has 4 nitrogen and oxygen atoms in total. The summed E-state index contributed by atoms with van der Waals surface area (Å²) in [5, 5.41) is 0. The summed E-state index contributed by atoms with van der Waals surface area (Å²) in [6.07, 6.45) is -2.00. The average Bonchev–Trinajstić information content (AvgIpc) is 2.73. The maximum Gasteiger partial charge on any atom is 0.405 e. The van der Waals surface area contributed by atoms with Crippen LogP contribution in [0.25, 0.3) is 5.65 Å². The third-order valence-electron chi connectivity index (χ3n) is 3.17. The van der Waals surface area contributed by atoms with E-state index in [1.165, 1.54) is 4.90 Å². The molecule has 2 aromatic rings. The van der Waals surface area contributed by atoms with Crippen LogP contribution in [0.3, 0.4) is 0 Å². The Morgan fingerprint density at radius 3 is 2.67 bits per heavy atom. The minimum Gasteiger partial charge on any atom is -0.346 e. The van der Waals surface area contributed by atoms with E-state index >= 15 is 0 Å². The van der Waals surface area contributed by atoms with E-state index in [2.05, 4.69) is 4.98 Å². The molecule has 2 N–H and O–H groups in total. The van der Waals surface area contributed by atoms with E-state index in [-0.39, 0.29) is 12.6 Å². The number of fused-ring (bicyclic) bond motifs is 1. The lowest BCUT2D eigenvalue weighted by molar-refractivity contribution is -0.119. The van der Waals surface area contributed by atoms with Crippen LogP contribution >= 0.6 is 0 Å². The predicted molar refractivity (Wildman–Crippen MR) is 76.5 cm³/mol. The fourth-order valence-corrected chi connectivity index (χ4v) is 2.33. The van der Waals surface area contributed by atoms with Crippen molar-refractivity contribution in [1.82, 2.24) is 9.38 Å². The molecule has 116 valence electrons. The second-order valence-corrected chi connectivity index (χ2v) is 5.12. The summed E-state index contributed by atoms with van der Waals surface area (Å²) >= 11 is 0. The maximum atomic E-state index is 12.7. The van der Waals surface area contributed by atoms with E-state index in [1.54, 1.807) is 23.6 Å². The van der Waals surface area contributed by atoms with Gasteiger partial charge in [-0.05, 0) is 26.0 Å². The van der Waals surface area contributed by atoms with E-state index in [0.717, 1.165) is 0 Å². The molecule has 0 aliphatic rings. The van der Waals surface area contributed by atoms with Crippen LogP contribution in [0, 0.1) is 0 Å². The monoisotopic (exact) mass is 300 g/mol. The van der Waals surface area contributed by atoms with Crippen LogP contribution in [-0.2, 0) is 6.42 Å². The highest BCUT2D eigenvalue weighted by Gasteiger charge is 2.32. The topological polar surface area (TPSA) is 46.6 Å². The highest BCUT2D eigenvalue weighted by atomic mass is 19.4. The summed E-state index contributed by atoms with van der Waals surface area (Å²) in [4.78, 5) is 5.60. The van der Waals surface area contributed by atoms with Gasteiger partial charge in [0, 0.05) is 25.2 Å². The lowest BCUT2D eigenvalue weighted by Crippen LogP contribution is -2.35. The molecule has 1 unspecified atom stereocenters. The van der Waals surface area contributed by atoms with Gasteiger partial charge in [-0.2, -0.15) is 13.2 Å². The van der Waals surface area contributed by atoms with Gasteiger partial charge in [0.25, 0.3) is 0 Å². The van der Waals surface area contributed by atoms with E-state index in [4.69, 9.17) is 5.73 Å². The Morgan fingerprint density at radius 2 is 2.10 bits per heavy atom. The third-order valence-corrected chi connectivity index (χ3v) is 3.17. The zero-order chi connectivity index (χ0) is 15.6. The highest BCUT2D eigenvalue weighted by molar-refractivity contribution is 5.56. The number of nitrogens with zero attached hydrogens (tertiary/aromatic N) is 3. The average molecular weight is 300 g/mol. The Balaban J connectivity index is 2.49. The zero-order valence-corrected chi connectivity index (χ0v) is 12.1. The number of hydrogen-bond acceptors (Lipinski definition) is 3. The van der Waals surface area contributed by atoms with Gasteiger partial charge in [-0.3, -0.25) is 0 Å². The number of rotatable bonds is 5. The number of anilines is 1. The van der Waals surface area contributed by atoms with Gasteiger partial charge in [-0.25, -0.2) is 4.98 Å². The summed E-state index contributed by atoms with van der Waals surface area (Å²) in [5.41, 5.74) is 7.17. The van der Waals surface area contributed by atoms with Crippen LogP contribution < -0.4 is 10.6 Å². The Morgan fingerprint density at radius 1 is 1.38 bits per heavy atom. The van der Waals surface area contributed by atoms with Crippen LogP contribution in [-0.4, -0.2) is 34.7 Å². The van der Waals surface area contributed by atoms with E-state index in [1.807, 2.05) is 19.1 Å². The summed E-state index contributed by atoms with van der Waals surface area (Å²) in [7, 11) is 0. The minimum absolute atomic E-state index is 0.159. The van der Waals surface area contributed by atoms with E-state index in [9.17, 15) is 13.2 Å². The molecule has 2 aromatic heterocycles. The van der Waals surface area contributed by atoms with Crippen molar-refractivity contribution in [2.24, 2.45) is 5.73 Å². The number of alkyl halides is 3. The number of aromatic nitrogens is 2. The SMILES string of the molecule is CCN(CC(F)(F)F)c1nc2ccccn2c1CC(C)N. The molecule has 0 aliphatic carbocycles. The van der Waals surface area contributed by atoms with Crippen LogP contribution in [0.2, 0.25) is 0 Å². The minimum atomic E-state index is -4.27. The molecule has 0 bridgehead atoms. The first-order valence-corrected chi connectivity index (χ1v) is 6.85.